The third-order valence-electron chi connectivity index (χ3n) is 2.29. The molecule has 0 aliphatic heterocycles. The first kappa shape index (κ1) is 12.4. The van der Waals surface area contributed by atoms with Crippen molar-refractivity contribution in [3.8, 4) is 0 Å². The molecule has 18 heavy (non-hydrogen) atoms. The molecular weight excluding hydrogens is 250 g/mol. The number of hydrogen-bond acceptors (Lipinski definition) is 5. The molecule has 2 rings (SSSR count). The molecule has 2 aromatic rings. The maximum absolute atomic E-state index is 8.73. The molecule has 0 fully saturated rings. The van der Waals surface area contributed by atoms with Crippen molar-refractivity contribution < 1.29 is 5.21 Å². The zero-order chi connectivity index (χ0) is 13.1. The number of pyridine rings is 1. The first-order chi connectivity index (χ1) is 8.61. The second-order valence-corrected chi connectivity index (χ2v) is 4.75. The Kier molecular flexibility index (Phi) is 3.52. The SMILES string of the molecule is Cc1cc(Sc2cccnc2/C(N)=N/O)n(C)n1. The molecule has 0 spiro atoms. The van der Waals surface area contributed by atoms with E-state index in [1.54, 1.807) is 16.9 Å². The van der Waals surface area contributed by atoms with Gasteiger partial charge in [-0.25, -0.2) is 0 Å². The van der Waals surface area contributed by atoms with Gasteiger partial charge in [0.15, 0.2) is 5.84 Å². The van der Waals surface area contributed by atoms with E-state index >= 15 is 0 Å². The smallest absolute Gasteiger partial charge is 0.189 e. The number of amidine groups is 1. The van der Waals surface area contributed by atoms with Crippen LogP contribution < -0.4 is 5.73 Å². The lowest BCUT2D eigenvalue weighted by Gasteiger charge is -2.06. The van der Waals surface area contributed by atoms with Gasteiger partial charge in [0.25, 0.3) is 0 Å². The highest BCUT2D eigenvalue weighted by molar-refractivity contribution is 7.99. The van der Waals surface area contributed by atoms with Gasteiger partial charge in [-0.05, 0) is 25.1 Å². The lowest BCUT2D eigenvalue weighted by Crippen LogP contribution is -2.16. The van der Waals surface area contributed by atoms with E-state index in [4.69, 9.17) is 10.9 Å². The van der Waals surface area contributed by atoms with E-state index in [1.165, 1.54) is 11.8 Å². The summed E-state index contributed by atoms with van der Waals surface area (Å²) in [6.45, 7) is 1.93. The van der Waals surface area contributed by atoms with Gasteiger partial charge in [-0.1, -0.05) is 16.9 Å². The van der Waals surface area contributed by atoms with Crippen molar-refractivity contribution in [2.75, 3.05) is 0 Å². The van der Waals surface area contributed by atoms with Crippen LogP contribution in [0.2, 0.25) is 0 Å². The maximum atomic E-state index is 8.73. The van der Waals surface area contributed by atoms with Crippen LogP contribution in [0.1, 0.15) is 11.4 Å². The number of aryl methyl sites for hydroxylation is 2. The minimum atomic E-state index is -0.00279. The Morgan fingerprint density at radius 2 is 2.33 bits per heavy atom. The lowest BCUT2D eigenvalue weighted by atomic mass is 10.3. The molecule has 0 amide bonds. The van der Waals surface area contributed by atoms with Crippen molar-refractivity contribution in [3.05, 3.63) is 35.8 Å². The Bertz CT molecular complexity index is 593. The second-order valence-electron chi connectivity index (χ2n) is 3.69. The molecule has 0 saturated heterocycles. The third kappa shape index (κ3) is 2.45. The molecule has 0 aliphatic rings. The second kappa shape index (κ2) is 5.09. The van der Waals surface area contributed by atoms with Crippen molar-refractivity contribution in [2.45, 2.75) is 16.8 Å². The molecule has 3 N–H and O–H groups in total. The fraction of sp³-hybridized carbons (Fsp3) is 0.182. The van der Waals surface area contributed by atoms with Gasteiger partial charge in [0.2, 0.25) is 0 Å². The molecule has 0 atom stereocenters. The molecule has 94 valence electrons. The van der Waals surface area contributed by atoms with Gasteiger partial charge in [-0.15, -0.1) is 0 Å². The Hall–Kier alpha value is -2.02. The van der Waals surface area contributed by atoms with Crippen LogP contribution in [0, 0.1) is 6.92 Å². The summed E-state index contributed by atoms with van der Waals surface area (Å²) in [5, 5.41) is 17.0. The van der Waals surface area contributed by atoms with Crippen LogP contribution in [0.4, 0.5) is 0 Å². The Balaban J connectivity index is 2.38. The highest BCUT2D eigenvalue weighted by Gasteiger charge is 2.12. The molecule has 0 aliphatic carbocycles. The van der Waals surface area contributed by atoms with Gasteiger partial charge in [0.05, 0.1) is 10.7 Å². The van der Waals surface area contributed by atoms with Crippen LogP contribution >= 0.6 is 11.8 Å². The van der Waals surface area contributed by atoms with Crippen LogP contribution in [0.15, 0.2) is 39.5 Å². The Morgan fingerprint density at radius 1 is 1.56 bits per heavy atom. The van der Waals surface area contributed by atoms with Crippen molar-refractivity contribution in [2.24, 2.45) is 17.9 Å². The predicted octanol–water partition coefficient (Wildman–Crippen LogP) is 1.37. The summed E-state index contributed by atoms with van der Waals surface area (Å²) >= 11 is 1.47. The molecule has 0 bridgehead atoms. The largest absolute Gasteiger partial charge is 0.409 e. The van der Waals surface area contributed by atoms with Crippen LogP contribution in [0.25, 0.3) is 0 Å². The summed E-state index contributed by atoms with van der Waals surface area (Å²) in [5.74, 6) is -0.00279. The molecule has 6 nitrogen and oxygen atoms in total. The van der Waals surface area contributed by atoms with Crippen LogP contribution in [0.3, 0.4) is 0 Å². The lowest BCUT2D eigenvalue weighted by molar-refractivity contribution is 0.318. The van der Waals surface area contributed by atoms with E-state index in [-0.39, 0.29) is 5.84 Å². The van der Waals surface area contributed by atoms with E-state index < -0.39 is 0 Å². The van der Waals surface area contributed by atoms with E-state index in [2.05, 4.69) is 15.2 Å². The van der Waals surface area contributed by atoms with Crippen LogP contribution in [-0.4, -0.2) is 25.8 Å². The minimum Gasteiger partial charge on any atom is -0.409 e. The Morgan fingerprint density at radius 3 is 2.94 bits per heavy atom. The molecular formula is C11H13N5OS. The van der Waals surface area contributed by atoms with Crippen molar-refractivity contribution in [1.82, 2.24) is 14.8 Å². The van der Waals surface area contributed by atoms with Crippen LogP contribution in [-0.2, 0) is 7.05 Å². The molecule has 2 aromatic heterocycles. The Labute approximate surface area is 109 Å². The number of nitrogens with two attached hydrogens (primary N) is 1. The fourth-order valence-electron chi connectivity index (χ4n) is 1.51. The highest BCUT2D eigenvalue weighted by atomic mass is 32.2. The van der Waals surface area contributed by atoms with Gasteiger partial charge in [-0.2, -0.15) is 5.10 Å². The summed E-state index contributed by atoms with van der Waals surface area (Å²) in [6.07, 6.45) is 1.60. The van der Waals surface area contributed by atoms with Gasteiger partial charge in [-0.3, -0.25) is 9.67 Å². The van der Waals surface area contributed by atoms with E-state index in [0.717, 1.165) is 15.6 Å². The number of nitrogens with zero attached hydrogens (tertiary/aromatic N) is 4. The molecule has 0 unspecified atom stereocenters. The zero-order valence-corrected chi connectivity index (χ0v) is 10.8. The third-order valence-corrected chi connectivity index (χ3v) is 3.44. The summed E-state index contributed by atoms with van der Waals surface area (Å²) in [4.78, 5) is 4.93. The average molecular weight is 263 g/mol. The van der Waals surface area contributed by atoms with Crippen molar-refractivity contribution >= 4 is 17.6 Å². The monoisotopic (exact) mass is 263 g/mol. The van der Waals surface area contributed by atoms with Crippen LogP contribution in [0.5, 0.6) is 0 Å². The summed E-state index contributed by atoms with van der Waals surface area (Å²) < 4.78 is 1.78. The van der Waals surface area contributed by atoms with Gasteiger partial charge >= 0.3 is 0 Å². The normalized spacial score (nSPS) is 11.8. The molecule has 0 aromatic carbocycles. The van der Waals surface area contributed by atoms with Crippen molar-refractivity contribution in [3.63, 3.8) is 0 Å². The molecule has 2 heterocycles. The van der Waals surface area contributed by atoms with Gasteiger partial charge < -0.3 is 10.9 Å². The van der Waals surface area contributed by atoms with Gasteiger partial charge in [0.1, 0.15) is 5.69 Å². The quantitative estimate of drug-likeness (QED) is 0.378. The molecule has 7 heteroatoms. The average Bonchev–Trinajstić information content (AvgIpc) is 2.67. The van der Waals surface area contributed by atoms with E-state index in [9.17, 15) is 0 Å². The first-order valence-electron chi connectivity index (χ1n) is 5.23. The summed E-state index contributed by atoms with van der Waals surface area (Å²) in [5.41, 5.74) is 6.99. The fourth-order valence-corrected chi connectivity index (χ4v) is 2.54. The van der Waals surface area contributed by atoms with Gasteiger partial charge in [0, 0.05) is 18.1 Å². The first-order valence-corrected chi connectivity index (χ1v) is 6.05. The number of hydrogen-bond donors (Lipinski definition) is 2. The number of aromatic nitrogens is 3. The highest BCUT2D eigenvalue weighted by Crippen LogP contribution is 2.29. The maximum Gasteiger partial charge on any atom is 0.189 e. The van der Waals surface area contributed by atoms with E-state index in [1.807, 2.05) is 26.1 Å². The topological polar surface area (TPSA) is 89.3 Å². The predicted molar refractivity (Wildman–Crippen MR) is 68.8 cm³/mol. The number of rotatable bonds is 3. The van der Waals surface area contributed by atoms with Crippen molar-refractivity contribution in [1.29, 1.82) is 0 Å². The zero-order valence-electron chi connectivity index (χ0n) is 10.0. The minimum absolute atomic E-state index is 0.00279. The summed E-state index contributed by atoms with van der Waals surface area (Å²) in [6, 6.07) is 5.64. The van der Waals surface area contributed by atoms with E-state index in [0.29, 0.717) is 5.69 Å². The number of oxime groups is 1. The standard InChI is InChI=1S/C11H13N5OS/c1-7-6-9(16(2)14-7)18-8-4-3-5-13-10(8)11(12)15-17/h3-6,17H,1-2H3,(H2,12,15). The molecule has 0 saturated carbocycles. The molecule has 0 radical (unpaired) electrons. The summed E-state index contributed by atoms with van der Waals surface area (Å²) in [7, 11) is 1.87.